The summed E-state index contributed by atoms with van der Waals surface area (Å²) < 4.78 is 92.9. The third-order valence-electron chi connectivity index (χ3n) is 7.23. The zero-order valence-electron chi connectivity index (χ0n) is 28.2. The van der Waals surface area contributed by atoms with Crippen molar-refractivity contribution in [3.8, 4) is 0 Å². The summed E-state index contributed by atoms with van der Waals surface area (Å²) in [4.78, 5) is 36.1. The van der Waals surface area contributed by atoms with Crippen LogP contribution >= 0.6 is 0 Å². The number of hydrazine groups is 1. The molecule has 4 N–H and O–H groups in total. The minimum absolute atomic E-state index is 0.0147. The van der Waals surface area contributed by atoms with Crippen molar-refractivity contribution in [1.29, 1.82) is 0 Å². The number of alkyl halides is 2. The van der Waals surface area contributed by atoms with Crippen molar-refractivity contribution < 1.29 is 49.5 Å². The maximum Gasteiger partial charge on any atom is 0.338 e. The fourth-order valence-corrected chi connectivity index (χ4v) is 6.67. The summed E-state index contributed by atoms with van der Waals surface area (Å²) in [6, 6.07) is 13.5. The number of ether oxygens (including phenoxy) is 2. The zero-order chi connectivity index (χ0) is 37.4. The summed E-state index contributed by atoms with van der Waals surface area (Å²) in [5.41, 5.74) is 4.07. The number of esters is 2. The van der Waals surface area contributed by atoms with Crippen molar-refractivity contribution in [3.63, 3.8) is 0 Å². The van der Waals surface area contributed by atoms with E-state index in [1.54, 1.807) is 5.43 Å². The average molecular weight is 753 g/mol. The predicted molar refractivity (Wildman–Crippen MR) is 188 cm³/mol. The zero-order valence-corrected chi connectivity index (χ0v) is 29.9. The Bertz CT molecular complexity index is 1800. The molecule has 0 fully saturated rings. The molecule has 0 spiro atoms. The number of carbonyl (C=O) groups is 3. The van der Waals surface area contributed by atoms with Gasteiger partial charge in [-0.05, 0) is 79.6 Å². The van der Waals surface area contributed by atoms with Crippen LogP contribution in [0.4, 0.5) is 25.8 Å². The van der Waals surface area contributed by atoms with Crippen molar-refractivity contribution in [2.45, 2.75) is 81.4 Å². The molecular weight excluding hydrogens is 711 g/mol. The number of anilines is 3. The van der Waals surface area contributed by atoms with Crippen LogP contribution in [0, 0.1) is 0 Å². The van der Waals surface area contributed by atoms with Crippen LogP contribution in [-0.4, -0.2) is 54.3 Å². The molecule has 0 aromatic heterocycles. The minimum Gasteiger partial charge on any atom is -0.462 e. The molecule has 0 unspecified atom stereocenters. The average Bonchev–Trinajstić information content (AvgIpc) is 3.10. The van der Waals surface area contributed by atoms with Crippen LogP contribution in [0.15, 0.2) is 76.5 Å². The summed E-state index contributed by atoms with van der Waals surface area (Å²) in [6.07, 6.45) is 3.68. The summed E-state index contributed by atoms with van der Waals surface area (Å²) in [5, 5.41) is 0. The van der Waals surface area contributed by atoms with E-state index in [1.165, 1.54) is 42.5 Å². The molecule has 0 saturated heterocycles. The second-order valence-corrected chi connectivity index (χ2v) is 14.7. The van der Waals surface area contributed by atoms with Gasteiger partial charge < -0.3 is 9.47 Å². The van der Waals surface area contributed by atoms with Gasteiger partial charge in [0.05, 0.1) is 39.8 Å². The lowest BCUT2D eigenvalue weighted by atomic mass is 10.1. The molecule has 13 nitrogen and oxygen atoms in total. The molecule has 0 atom stereocenters. The van der Waals surface area contributed by atoms with Crippen molar-refractivity contribution in [2.75, 3.05) is 28.1 Å². The van der Waals surface area contributed by atoms with E-state index in [0.717, 1.165) is 62.8 Å². The highest BCUT2D eigenvalue weighted by Gasteiger charge is 2.23. The lowest BCUT2D eigenvalue weighted by Crippen LogP contribution is -2.34. The van der Waals surface area contributed by atoms with Crippen molar-refractivity contribution in [3.05, 3.63) is 77.9 Å². The minimum atomic E-state index is -4.41. The van der Waals surface area contributed by atoms with Gasteiger partial charge in [-0.3, -0.25) is 25.1 Å². The lowest BCUT2D eigenvalue weighted by molar-refractivity contribution is -0.131. The highest BCUT2D eigenvalue weighted by Crippen LogP contribution is 2.24. The molecule has 3 aromatic rings. The molecule has 278 valence electrons. The molecule has 0 aliphatic rings. The number of halogens is 2. The number of hydrogen-bond donors (Lipinski definition) is 4. The van der Waals surface area contributed by atoms with Gasteiger partial charge >= 0.3 is 24.3 Å². The summed E-state index contributed by atoms with van der Waals surface area (Å²) in [7, 11) is -8.56. The molecule has 3 rings (SSSR count). The SMILES string of the molecule is CCCCCCOC(=O)c1cc(C(=O)OCCCCCC)cc(S(=O)(=O)Nc2ccc(S(=O)(=O)Nc3ccc(NNC(=O)C(F)F)cc3)cc2)c1. The molecule has 1 amide bonds. The number of benzene rings is 3. The topological polar surface area (TPSA) is 186 Å². The van der Waals surface area contributed by atoms with Crippen LogP contribution in [0.1, 0.15) is 85.9 Å². The molecule has 0 saturated carbocycles. The van der Waals surface area contributed by atoms with Gasteiger partial charge in [0.15, 0.2) is 0 Å². The Morgan fingerprint density at radius 2 is 1.04 bits per heavy atom. The van der Waals surface area contributed by atoms with E-state index < -0.39 is 49.2 Å². The number of hydrogen-bond acceptors (Lipinski definition) is 10. The van der Waals surface area contributed by atoms with Crippen LogP contribution < -0.4 is 20.3 Å². The first-order valence-corrected chi connectivity index (χ1v) is 19.3. The third-order valence-corrected chi connectivity index (χ3v) is 9.99. The quantitative estimate of drug-likeness (QED) is 0.0534. The smallest absolute Gasteiger partial charge is 0.338 e. The molecular formula is C34H42F2N4O9S2. The third kappa shape index (κ3) is 13.1. The van der Waals surface area contributed by atoms with Crippen LogP contribution in [0.25, 0.3) is 0 Å². The molecule has 3 aromatic carbocycles. The second-order valence-electron chi connectivity index (χ2n) is 11.4. The van der Waals surface area contributed by atoms with Gasteiger partial charge in [-0.2, -0.15) is 8.78 Å². The maximum atomic E-state index is 13.5. The van der Waals surface area contributed by atoms with Crippen molar-refractivity contribution >= 4 is 55.0 Å². The molecule has 0 aliphatic heterocycles. The number of sulfonamides is 2. The normalized spacial score (nSPS) is 11.5. The number of carbonyl (C=O) groups excluding carboxylic acids is 3. The fourth-order valence-electron chi connectivity index (χ4n) is 4.48. The van der Waals surface area contributed by atoms with Gasteiger partial charge in [0.1, 0.15) is 0 Å². The van der Waals surface area contributed by atoms with Crippen LogP contribution in [0.5, 0.6) is 0 Å². The van der Waals surface area contributed by atoms with Gasteiger partial charge in [0.25, 0.3) is 20.0 Å². The van der Waals surface area contributed by atoms with E-state index >= 15 is 0 Å². The first kappa shape index (κ1) is 40.7. The van der Waals surface area contributed by atoms with Gasteiger partial charge in [-0.25, -0.2) is 26.4 Å². The number of unbranched alkanes of at least 4 members (excludes halogenated alkanes) is 6. The van der Waals surface area contributed by atoms with E-state index in [4.69, 9.17) is 9.47 Å². The highest BCUT2D eigenvalue weighted by molar-refractivity contribution is 7.93. The maximum absolute atomic E-state index is 13.5. The van der Waals surface area contributed by atoms with Crippen molar-refractivity contribution in [1.82, 2.24) is 5.43 Å². The van der Waals surface area contributed by atoms with Gasteiger partial charge in [0.2, 0.25) is 0 Å². The Morgan fingerprint density at radius 1 is 0.608 bits per heavy atom. The van der Waals surface area contributed by atoms with Gasteiger partial charge in [0, 0.05) is 11.4 Å². The van der Waals surface area contributed by atoms with E-state index in [2.05, 4.69) is 14.9 Å². The van der Waals surface area contributed by atoms with Crippen LogP contribution in [-0.2, 0) is 34.3 Å². The van der Waals surface area contributed by atoms with Crippen LogP contribution in [0.2, 0.25) is 0 Å². The first-order valence-electron chi connectivity index (χ1n) is 16.3. The molecule has 17 heteroatoms. The largest absolute Gasteiger partial charge is 0.462 e. The Hall–Kier alpha value is -4.77. The molecule has 0 bridgehead atoms. The summed E-state index contributed by atoms with van der Waals surface area (Å²) in [5.74, 6) is -3.13. The fraction of sp³-hybridized carbons (Fsp3) is 0.382. The molecule has 0 heterocycles. The Morgan fingerprint density at radius 3 is 1.49 bits per heavy atom. The molecule has 0 radical (unpaired) electrons. The Balaban J connectivity index is 1.75. The van der Waals surface area contributed by atoms with E-state index in [1.807, 2.05) is 13.8 Å². The standard InChI is InChI=1S/C34H42F2N4O9S2/c1-3-5-7-9-19-48-33(42)24-21-25(34(43)49-20-10-8-6-4-2)23-30(22-24)51(46,47)40-28-15-17-29(18-16-28)50(44,45)39-27-13-11-26(12-14-27)37-38-32(41)31(35)36/h11-18,21-23,31,37,39-40H,3-10,19-20H2,1-2H3,(H,38,41). The Labute approximate surface area is 296 Å². The van der Waals surface area contributed by atoms with E-state index in [0.29, 0.717) is 12.8 Å². The van der Waals surface area contributed by atoms with Crippen LogP contribution in [0.3, 0.4) is 0 Å². The number of amides is 1. The predicted octanol–water partition coefficient (Wildman–Crippen LogP) is 6.47. The first-order chi connectivity index (χ1) is 24.3. The number of rotatable bonds is 21. The summed E-state index contributed by atoms with van der Waals surface area (Å²) in [6.45, 7) is 4.34. The van der Waals surface area contributed by atoms with E-state index in [-0.39, 0.29) is 46.3 Å². The Kier molecular flexibility index (Phi) is 15.6. The van der Waals surface area contributed by atoms with E-state index in [9.17, 15) is 40.0 Å². The molecule has 0 aliphatic carbocycles. The molecule has 51 heavy (non-hydrogen) atoms. The summed E-state index contributed by atoms with van der Waals surface area (Å²) >= 11 is 0. The lowest BCUT2D eigenvalue weighted by Gasteiger charge is -2.13. The highest BCUT2D eigenvalue weighted by atomic mass is 32.2. The monoisotopic (exact) mass is 752 g/mol. The number of nitrogens with one attached hydrogen (secondary N) is 4. The van der Waals surface area contributed by atoms with Gasteiger partial charge in [-0.1, -0.05) is 52.4 Å². The second kappa shape index (κ2) is 19.6. The van der Waals surface area contributed by atoms with Gasteiger partial charge in [-0.15, -0.1) is 0 Å². The van der Waals surface area contributed by atoms with Crippen molar-refractivity contribution in [2.24, 2.45) is 0 Å².